The van der Waals surface area contributed by atoms with Crippen LogP contribution >= 0.6 is 0 Å². The van der Waals surface area contributed by atoms with Gasteiger partial charge in [0.05, 0.1) is 6.54 Å². The van der Waals surface area contributed by atoms with Crippen LogP contribution in [-0.2, 0) is 14.3 Å². The fraction of sp³-hybridized carbons (Fsp3) is 0.542. The molecule has 33 heavy (non-hydrogen) atoms. The summed E-state index contributed by atoms with van der Waals surface area (Å²) >= 11 is 0. The van der Waals surface area contributed by atoms with Gasteiger partial charge in [-0.15, -0.1) is 0 Å². The summed E-state index contributed by atoms with van der Waals surface area (Å²) in [6.07, 6.45) is 2.13. The summed E-state index contributed by atoms with van der Waals surface area (Å²) in [4.78, 5) is 39.6. The predicted molar refractivity (Wildman–Crippen MR) is 121 cm³/mol. The molecule has 8 nitrogen and oxygen atoms in total. The van der Waals surface area contributed by atoms with E-state index in [1.807, 2.05) is 32.1 Å². The summed E-state index contributed by atoms with van der Waals surface area (Å²) in [5.74, 6) is -1.01. The number of nitrogens with zero attached hydrogens (tertiary/aromatic N) is 1. The van der Waals surface area contributed by atoms with Crippen molar-refractivity contribution in [3.05, 3.63) is 41.5 Å². The lowest BCUT2D eigenvalue weighted by Gasteiger charge is -2.28. The highest BCUT2D eigenvalue weighted by molar-refractivity contribution is 5.99. The molecule has 3 saturated heterocycles. The van der Waals surface area contributed by atoms with Crippen LogP contribution in [0, 0.1) is 5.92 Å². The van der Waals surface area contributed by atoms with Crippen molar-refractivity contribution in [3.63, 3.8) is 0 Å². The Morgan fingerprint density at radius 1 is 1.30 bits per heavy atom. The summed E-state index contributed by atoms with van der Waals surface area (Å²) in [6.45, 7) is 5.16. The SMILES string of the molecule is CC(C)CC(NC(=O)c1ccc(/C=C/C2CNCN2)cc1)C(=O)N1C[C@H](F)[C@H]2OCC(=O)[C@H]21. The van der Waals surface area contributed by atoms with Crippen LogP contribution in [0.2, 0.25) is 0 Å². The van der Waals surface area contributed by atoms with E-state index in [9.17, 15) is 18.8 Å². The van der Waals surface area contributed by atoms with E-state index in [1.165, 1.54) is 4.90 Å². The zero-order chi connectivity index (χ0) is 23.5. The topological polar surface area (TPSA) is 99.8 Å². The molecule has 3 fully saturated rings. The fourth-order valence-corrected chi connectivity index (χ4v) is 4.57. The summed E-state index contributed by atoms with van der Waals surface area (Å²) in [5.41, 5.74) is 1.39. The number of hydrogen-bond donors (Lipinski definition) is 3. The van der Waals surface area contributed by atoms with Gasteiger partial charge in [-0.2, -0.15) is 0 Å². The van der Waals surface area contributed by atoms with Gasteiger partial charge in [0.1, 0.15) is 31.0 Å². The average Bonchev–Trinajstić information content (AvgIpc) is 3.51. The van der Waals surface area contributed by atoms with Crippen LogP contribution in [-0.4, -0.2) is 79.3 Å². The highest BCUT2D eigenvalue weighted by Crippen LogP contribution is 2.30. The van der Waals surface area contributed by atoms with E-state index in [0.717, 1.165) is 18.8 Å². The first-order valence-electron chi connectivity index (χ1n) is 11.5. The normalized spacial score (nSPS) is 28.0. The molecule has 3 aliphatic heterocycles. The average molecular weight is 459 g/mol. The van der Waals surface area contributed by atoms with Gasteiger partial charge in [0.2, 0.25) is 5.91 Å². The summed E-state index contributed by atoms with van der Waals surface area (Å²) in [7, 11) is 0. The molecule has 0 aliphatic carbocycles. The Bertz CT molecular complexity index is 914. The van der Waals surface area contributed by atoms with Crippen molar-refractivity contribution in [1.82, 2.24) is 20.9 Å². The third-order valence-electron chi connectivity index (χ3n) is 6.26. The molecule has 1 aromatic rings. The van der Waals surface area contributed by atoms with Crippen LogP contribution in [0.3, 0.4) is 0 Å². The molecule has 178 valence electrons. The minimum absolute atomic E-state index is 0.112. The molecule has 3 N–H and O–H groups in total. The van der Waals surface area contributed by atoms with Crippen molar-refractivity contribution < 1.29 is 23.5 Å². The van der Waals surface area contributed by atoms with Crippen molar-refractivity contribution >= 4 is 23.7 Å². The van der Waals surface area contributed by atoms with Crippen LogP contribution in [0.4, 0.5) is 4.39 Å². The molecule has 0 spiro atoms. The predicted octanol–water partition coefficient (Wildman–Crippen LogP) is 0.880. The first-order valence-corrected chi connectivity index (χ1v) is 11.5. The summed E-state index contributed by atoms with van der Waals surface area (Å²) in [5, 5.41) is 9.32. The molecular formula is C24H31FN4O4. The molecule has 2 unspecified atom stereocenters. The molecule has 0 aromatic heterocycles. The monoisotopic (exact) mass is 458 g/mol. The van der Waals surface area contributed by atoms with E-state index >= 15 is 0 Å². The minimum atomic E-state index is -1.41. The maximum Gasteiger partial charge on any atom is 0.251 e. The number of carbonyl (C=O) groups is 3. The molecule has 0 saturated carbocycles. The Morgan fingerprint density at radius 2 is 2.06 bits per heavy atom. The molecule has 2 amide bonds. The Morgan fingerprint density at radius 3 is 2.73 bits per heavy atom. The minimum Gasteiger partial charge on any atom is -0.365 e. The van der Waals surface area contributed by atoms with Gasteiger partial charge in [-0.1, -0.05) is 38.1 Å². The number of carbonyl (C=O) groups excluding carboxylic acids is 3. The number of benzene rings is 1. The number of rotatable bonds is 7. The number of nitrogens with one attached hydrogen (secondary N) is 3. The Labute approximate surface area is 192 Å². The van der Waals surface area contributed by atoms with Crippen molar-refractivity contribution in [1.29, 1.82) is 0 Å². The lowest BCUT2D eigenvalue weighted by molar-refractivity contribution is -0.138. The molecule has 5 atom stereocenters. The zero-order valence-corrected chi connectivity index (χ0v) is 18.9. The maximum atomic E-state index is 14.3. The lowest BCUT2D eigenvalue weighted by Crippen LogP contribution is -2.52. The number of ether oxygens (including phenoxy) is 1. The molecule has 4 rings (SSSR count). The first-order chi connectivity index (χ1) is 15.8. The largest absolute Gasteiger partial charge is 0.365 e. The highest BCUT2D eigenvalue weighted by atomic mass is 19.1. The molecule has 9 heteroatoms. The zero-order valence-electron chi connectivity index (χ0n) is 18.9. The number of ketones is 1. The number of likely N-dealkylation sites (tertiary alicyclic amines) is 1. The van der Waals surface area contributed by atoms with Crippen molar-refractivity contribution in [3.8, 4) is 0 Å². The van der Waals surface area contributed by atoms with Gasteiger partial charge in [0.25, 0.3) is 5.91 Å². The Kier molecular flexibility index (Phi) is 7.21. The van der Waals surface area contributed by atoms with E-state index in [-0.39, 0.29) is 36.8 Å². The number of fused-ring (bicyclic) bond motifs is 1. The van der Waals surface area contributed by atoms with Crippen LogP contribution in [0.1, 0.15) is 36.2 Å². The van der Waals surface area contributed by atoms with Crippen molar-refractivity contribution in [2.75, 3.05) is 26.4 Å². The third-order valence-corrected chi connectivity index (χ3v) is 6.26. The van der Waals surface area contributed by atoms with Crippen molar-refractivity contribution in [2.24, 2.45) is 5.92 Å². The lowest BCUT2D eigenvalue weighted by atomic mass is 10.0. The van der Waals surface area contributed by atoms with E-state index in [0.29, 0.717) is 12.0 Å². The number of amides is 2. The van der Waals surface area contributed by atoms with E-state index in [2.05, 4.69) is 22.0 Å². The standard InChI is InChI=1S/C24H31FN4O4/c1-14(2)9-19(24(32)29-11-18(25)22-21(29)20(30)12-33-22)28-23(31)16-6-3-15(4-7-16)5-8-17-10-26-13-27-17/h3-8,14,17-19,21-22,26-27H,9-13H2,1-2H3,(H,28,31)/b8-5+/t17?,18-,19?,21+,22+/m0/s1. The van der Waals surface area contributed by atoms with Gasteiger partial charge < -0.3 is 20.3 Å². The number of alkyl halides is 1. The smallest absolute Gasteiger partial charge is 0.251 e. The van der Waals surface area contributed by atoms with E-state index in [4.69, 9.17) is 4.74 Å². The highest BCUT2D eigenvalue weighted by Gasteiger charge is 2.53. The second-order valence-electron chi connectivity index (χ2n) is 9.27. The third kappa shape index (κ3) is 5.31. The fourth-order valence-electron chi connectivity index (χ4n) is 4.57. The molecule has 0 radical (unpaired) electrons. The molecule has 3 heterocycles. The van der Waals surface area contributed by atoms with Crippen LogP contribution in [0.5, 0.6) is 0 Å². The Hall–Kier alpha value is -2.62. The van der Waals surface area contributed by atoms with E-state index < -0.39 is 30.3 Å². The van der Waals surface area contributed by atoms with Crippen LogP contribution < -0.4 is 16.0 Å². The van der Waals surface area contributed by atoms with Crippen LogP contribution in [0.15, 0.2) is 30.3 Å². The molecule has 1 aromatic carbocycles. The van der Waals surface area contributed by atoms with Gasteiger partial charge in [-0.3, -0.25) is 19.7 Å². The summed E-state index contributed by atoms with van der Waals surface area (Å²) < 4.78 is 19.6. The second kappa shape index (κ2) is 10.1. The maximum absolute atomic E-state index is 14.3. The number of halogens is 1. The van der Waals surface area contributed by atoms with Crippen LogP contribution in [0.25, 0.3) is 6.08 Å². The summed E-state index contributed by atoms with van der Waals surface area (Å²) in [6, 6.07) is 5.64. The number of Topliss-reactive ketones (excluding diaryl/α,β-unsaturated/α-hetero) is 1. The molecular weight excluding hydrogens is 427 g/mol. The Balaban J connectivity index is 1.43. The first kappa shape index (κ1) is 23.5. The van der Waals surface area contributed by atoms with Gasteiger partial charge in [-0.25, -0.2) is 4.39 Å². The van der Waals surface area contributed by atoms with Gasteiger partial charge in [-0.05, 0) is 30.0 Å². The molecule has 3 aliphatic rings. The van der Waals surface area contributed by atoms with E-state index in [1.54, 1.807) is 12.1 Å². The van der Waals surface area contributed by atoms with Crippen molar-refractivity contribution in [2.45, 2.75) is 50.7 Å². The van der Waals surface area contributed by atoms with Gasteiger partial charge in [0.15, 0.2) is 5.78 Å². The van der Waals surface area contributed by atoms with Gasteiger partial charge in [0, 0.05) is 24.8 Å². The second-order valence-corrected chi connectivity index (χ2v) is 9.27. The molecule has 0 bridgehead atoms. The quantitative estimate of drug-likeness (QED) is 0.561. The number of hydrogen-bond acceptors (Lipinski definition) is 6. The van der Waals surface area contributed by atoms with Gasteiger partial charge >= 0.3 is 0 Å².